The molecule has 0 aliphatic heterocycles. The van der Waals surface area contributed by atoms with Gasteiger partial charge in [0.25, 0.3) is 0 Å². The maximum Gasteiger partial charge on any atom is 0.500 e. The van der Waals surface area contributed by atoms with E-state index in [1.165, 1.54) is 0 Å². The van der Waals surface area contributed by atoms with Gasteiger partial charge in [-0.1, -0.05) is 26.7 Å². The van der Waals surface area contributed by atoms with E-state index in [2.05, 4.69) is 13.8 Å². The Morgan fingerprint density at radius 1 is 0.923 bits per heavy atom. The predicted molar refractivity (Wildman–Crippen MR) is 55.7 cm³/mol. The Morgan fingerprint density at radius 3 is 1.54 bits per heavy atom. The van der Waals surface area contributed by atoms with Crippen LogP contribution in [0.4, 0.5) is 0 Å². The molecule has 3 nitrogen and oxygen atoms in total. The summed E-state index contributed by atoms with van der Waals surface area (Å²) in [6.45, 7) is 4.38. The van der Waals surface area contributed by atoms with Gasteiger partial charge in [-0.25, -0.2) is 0 Å². The van der Waals surface area contributed by atoms with Crippen LogP contribution in [0.25, 0.3) is 0 Å². The Bertz CT molecular complexity index is 114. The van der Waals surface area contributed by atoms with Crippen LogP contribution in [0.3, 0.4) is 0 Å². The van der Waals surface area contributed by atoms with E-state index < -0.39 is 8.80 Å². The van der Waals surface area contributed by atoms with E-state index >= 15 is 0 Å². The van der Waals surface area contributed by atoms with Crippen molar-refractivity contribution in [1.29, 1.82) is 0 Å². The van der Waals surface area contributed by atoms with E-state index in [9.17, 15) is 0 Å². The Labute approximate surface area is 82.8 Å². The van der Waals surface area contributed by atoms with Crippen LogP contribution < -0.4 is 0 Å². The van der Waals surface area contributed by atoms with Crippen molar-refractivity contribution in [1.82, 2.24) is 0 Å². The average molecular weight is 206 g/mol. The first-order valence-corrected chi connectivity index (χ1v) is 6.76. The van der Waals surface area contributed by atoms with Crippen molar-refractivity contribution in [3.8, 4) is 0 Å². The minimum atomic E-state index is -2.32. The second-order valence-electron chi connectivity index (χ2n) is 3.18. The summed E-state index contributed by atoms with van der Waals surface area (Å²) in [5.74, 6) is 0.645. The van der Waals surface area contributed by atoms with E-state index in [1.807, 2.05) is 0 Å². The van der Waals surface area contributed by atoms with Crippen molar-refractivity contribution in [3.05, 3.63) is 0 Å². The molecular weight excluding hydrogens is 184 g/mol. The Hall–Kier alpha value is 0.0969. The van der Waals surface area contributed by atoms with E-state index in [1.54, 1.807) is 21.3 Å². The molecule has 0 radical (unpaired) electrons. The molecular formula is C9H22O3Si. The molecule has 0 bridgehead atoms. The zero-order chi connectivity index (χ0) is 10.3. The van der Waals surface area contributed by atoms with Crippen LogP contribution in [0.5, 0.6) is 0 Å². The lowest BCUT2D eigenvalue weighted by atomic mass is 10.1. The maximum absolute atomic E-state index is 5.36. The molecule has 80 valence electrons. The third-order valence-electron chi connectivity index (χ3n) is 2.63. The van der Waals surface area contributed by atoms with Crippen molar-refractivity contribution in [3.63, 3.8) is 0 Å². The zero-order valence-corrected chi connectivity index (χ0v) is 10.4. The van der Waals surface area contributed by atoms with Gasteiger partial charge in [0.15, 0.2) is 0 Å². The summed E-state index contributed by atoms with van der Waals surface area (Å²) in [5, 5.41) is 0. The highest BCUT2D eigenvalue weighted by Crippen LogP contribution is 2.23. The fraction of sp³-hybridized carbons (Fsp3) is 1.00. The fourth-order valence-electron chi connectivity index (χ4n) is 1.43. The van der Waals surface area contributed by atoms with Gasteiger partial charge in [-0.3, -0.25) is 0 Å². The van der Waals surface area contributed by atoms with Gasteiger partial charge in [-0.2, -0.15) is 0 Å². The van der Waals surface area contributed by atoms with Crippen molar-refractivity contribution < 1.29 is 13.3 Å². The van der Waals surface area contributed by atoms with Gasteiger partial charge in [0.1, 0.15) is 0 Å². The molecule has 0 saturated heterocycles. The summed E-state index contributed by atoms with van der Waals surface area (Å²) in [6.07, 6.45) is 2.31. The maximum atomic E-state index is 5.36. The largest absolute Gasteiger partial charge is 0.500 e. The fourth-order valence-corrected chi connectivity index (χ4v) is 3.72. The monoisotopic (exact) mass is 206 g/mol. The highest BCUT2D eigenvalue weighted by atomic mass is 28.4. The van der Waals surface area contributed by atoms with E-state index in [-0.39, 0.29) is 0 Å². The second kappa shape index (κ2) is 6.54. The first-order valence-electron chi connectivity index (χ1n) is 4.83. The number of hydrogen-bond acceptors (Lipinski definition) is 3. The molecule has 0 N–H and O–H groups in total. The van der Waals surface area contributed by atoms with Gasteiger partial charge in [0.05, 0.1) is 0 Å². The van der Waals surface area contributed by atoms with Crippen molar-refractivity contribution in [2.45, 2.75) is 32.7 Å². The molecule has 0 aromatic heterocycles. The summed E-state index contributed by atoms with van der Waals surface area (Å²) in [6, 6.07) is 0.920. The highest BCUT2D eigenvalue weighted by molar-refractivity contribution is 6.60. The number of hydrogen-bond donors (Lipinski definition) is 0. The minimum absolute atomic E-state index is 0.645. The summed E-state index contributed by atoms with van der Waals surface area (Å²) in [5.41, 5.74) is 0. The summed E-state index contributed by atoms with van der Waals surface area (Å²) < 4.78 is 16.1. The van der Waals surface area contributed by atoms with Gasteiger partial charge >= 0.3 is 8.80 Å². The molecule has 4 heteroatoms. The van der Waals surface area contributed by atoms with Crippen LogP contribution >= 0.6 is 0 Å². The molecule has 0 aromatic rings. The standard InChI is InChI=1S/C9H22O3Si/c1-6-9(7-2)8-13(10-3,11-4)12-5/h9H,6-8H2,1-5H3. The van der Waals surface area contributed by atoms with Gasteiger partial charge in [0.2, 0.25) is 0 Å². The molecule has 13 heavy (non-hydrogen) atoms. The van der Waals surface area contributed by atoms with Crippen LogP contribution in [-0.2, 0) is 13.3 Å². The quantitative estimate of drug-likeness (QED) is 0.598. The number of rotatable bonds is 7. The second-order valence-corrected chi connectivity index (χ2v) is 6.18. The molecule has 0 saturated carbocycles. The van der Waals surface area contributed by atoms with Crippen molar-refractivity contribution in [2.75, 3.05) is 21.3 Å². The summed E-state index contributed by atoms with van der Waals surface area (Å²) in [7, 11) is 2.68. The zero-order valence-electron chi connectivity index (χ0n) is 9.42. The Morgan fingerprint density at radius 2 is 1.31 bits per heavy atom. The third-order valence-corrected chi connectivity index (χ3v) is 5.57. The lowest BCUT2D eigenvalue weighted by Crippen LogP contribution is -2.44. The van der Waals surface area contributed by atoms with Crippen LogP contribution in [0.15, 0.2) is 0 Å². The topological polar surface area (TPSA) is 27.7 Å². The summed E-state index contributed by atoms with van der Waals surface area (Å²) >= 11 is 0. The molecule has 0 amide bonds. The van der Waals surface area contributed by atoms with Crippen molar-refractivity contribution in [2.24, 2.45) is 5.92 Å². The van der Waals surface area contributed by atoms with Crippen LogP contribution in [0.2, 0.25) is 6.04 Å². The molecule has 0 rings (SSSR count). The molecule has 0 heterocycles. The lowest BCUT2D eigenvalue weighted by Gasteiger charge is -2.27. The van der Waals surface area contributed by atoms with Crippen LogP contribution in [0.1, 0.15) is 26.7 Å². The Balaban J connectivity index is 4.21. The van der Waals surface area contributed by atoms with Crippen LogP contribution in [0, 0.1) is 5.92 Å². The molecule has 0 spiro atoms. The third kappa shape index (κ3) is 3.77. The molecule has 0 atom stereocenters. The Kier molecular flexibility index (Phi) is 6.58. The smallest absolute Gasteiger partial charge is 0.377 e. The first-order chi connectivity index (χ1) is 6.17. The van der Waals surface area contributed by atoms with Gasteiger partial charge in [-0.05, 0) is 5.92 Å². The summed E-state index contributed by atoms with van der Waals surface area (Å²) in [4.78, 5) is 0. The van der Waals surface area contributed by atoms with E-state index in [0.717, 1.165) is 18.9 Å². The van der Waals surface area contributed by atoms with Gasteiger partial charge in [0, 0.05) is 27.4 Å². The minimum Gasteiger partial charge on any atom is -0.377 e. The normalized spacial score (nSPS) is 12.5. The van der Waals surface area contributed by atoms with Crippen molar-refractivity contribution >= 4 is 8.80 Å². The first kappa shape index (κ1) is 13.1. The van der Waals surface area contributed by atoms with E-state index in [4.69, 9.17) is 13.3 Å². The molecule has 0 aliphatic carbocycles. The predicted octanol–water partition coefficient (Wildman–Crippen LogP) is 2.30. The SMILES string of the molecule is CCC(CC)C[Si](OC)(OC)OC. The molecule has 0 fully saturated rings. The highest BCUT2D eigenvalue weighted by Gasteiger charge is 2.39. The van der Waals surface area contributed by atoms with Gasteiger partial charge < -0.3 is 13.3 Å². The lowest BCUT2D eigenvalue weighted by molar-refractivity contribution is 0.117. The van der Waals surface area contributed by atoms with Crippen LogP contribution in [-0.4, -0.2) is 30.1 Å². The van der Waals surface area contributed by atoms with Gasteiger partial charge in [-0.15, -0.1) is 0 Å². The molecule has 0 unspecified atom stereocenters. The molecule has 0 aliphatic rings. The van der Waals surface area contributed by atoms with E-state index in [0.29, 0.717) is 5.92 Å². The molecule has 0 aromatic carbocycles. The average Bonchev–Trinajstić information content (AvgIpc) is 2.21.